The van der Waals surface area contributed by atoms with Crippen molar-refractivity contribution in [2.45, 2.75) is 26.4 Å². The van der Waals surface area contributed by atoms with Crippen LogP contribution in [-0.4, -0.2) is 47.7 Å². The Labute approximate surface area is 110 Å². The van der Waals surface area contributed by atoms with Crippen molar-refractivity contribution in [1.29, 1.82) is 0 Å². The van der Waals surface area contributed by atoms with Gasteiger partial charge in [-0.25, -0.2) is 4.79 Å². The van der Waals surface area contributed by atoms with Crippen LogP contribution in [0.3, 0.4) is 0 Å². The number of aryl methyl sites for hydroxylation is 2. The first-order valence-electron chi connectivity index (χ1n) is 6.26. The summed E-state index contributed by atoms with van der Waals surface area (Å²) in [5, 5.41) is 8.92. The van der Waals surface area contributed by atoms with Crippen LogP contribution in [0.5, 0.6) is 0 Å². The SMILES string of the molecule is CCc1cc(C)c(C(=O)N2CCO[C@H](C(=O)O)C2)o1. The molecule has 0 spiro atoms. The van der Waals surface area contributed by atoms with E-state index in [-0.39, 0.29) is 19.1 Å². The number of furan rings is 1. The summed E-state index contributed by atoms with van der Waals surface area (Å²) < 4.78 is 10.6. The van der Waals surface area contributed by atoms with Crippen LogP contribution in [-0.2, 0) is 16.0 Å². The van der Waals surface area contributed by atoms with E-state index in [1.54, 1.807) is 0 Å². The van der Waals surface area contributed by atoms with Crippen LogP contribution in [0.4, 0.5) is 0 Å². The minimum atomic E-state index is -1.05. The number of amides is 1. The Morgan fingerprint density at radius 2 is 2.26 bits per heavy atom. The molecule has 104 valence electrons. The lowest BCUT2D eigenvalue weighted by molar-refractivity contribution is -0.154. The van der Waals surface area contributed by atoms with Crippen LogP contribution < -0.4 is 0 Å². The van der Waals surface area contributed by atoms with Crippen molar-refractivity contribution < 1.29 is 23.8 Å². The van der Waals surface area contributed by atoms with Gasteiger partial charge in [-0.1, -0.05) is 6.92 Å². The van der Waals surface area contributed by atoms with Gasteiger partial charge in [0.2, 0.25) is 0 Å². The molecule has 19 heavy (non-hydrogen) atoms. The average Bonchev–Trinajstić information content (AvgIpc) is 2.79. The van der Waals surface area contributed by atoms with Gasteiger partial charge in [-0.3, -0.25) is 4.79 Å². The first kappa shape index (κ1) is 13.6. The van der Waals surface area contributed by atoms with Gasteiger partial charge < -0.3 is 19.2 Å². The molecule has 0 aliphatic carbocycles. The maximum absolute atomic E-state index is 12.3. The van der Waals surface area contributed by atoms with Crippen LogP contribution >= 0.6 is 0 Å². The second-order valence-corrected chi connectivity index (χ2v) is 4.53. The summed E-state index contributed by atoms with van der Waals surface area (Å²) in [6.45, 7) is 4.41. The fraction of sp³-hybridized carbons (Fsp3) is 0.538. The number of aliphatic carboxylic acids is 1. The standard InChI is InChI=1S/C13H17NO5/c1-3-9-6-8(2)11(19-9)12(15)14-4-5-18-10(7-14)13(16)17/h6,10H,3-5,7H2,1-2H3,(H,16,17)/t10-/m0/s1. The summed E-state index contributed by atoms with van der Waals surface area (Å²) in [5.41, 5.74) is 0.778. The van der Waals surface area contributed by atoms with Gasteiger partial charge in [0.05, 0.1) is 13.2 Å². The Morgan fingerprint density at radius 3 is 2.84 bits per heavy atom. The lowest BCUT2D eigenvalue weighted by Crippen LogP contribution is -2.48. The molecule has 6 nitrogen and oxygen atoms in total. The third-order valence-corrected chi connectivity index (χ3v) is 3.14. The number of carbonyl (C=O) groups is 2. The van der Waals surface area contributed by atoms with Gasteiger partial charge in [0.1, 0.15) is 5.76 Å². The molecule has 1 aromatic rings. The Hall–Kier alpha value is -1.82. The molecule has 0 bridgehead atoms. The number of carboxylic acids is 1. The number of hydrogen-bond acceptors (Lipinski definition) is 4. The zero-order valence-corrected chi connectivity index (χ0v) is 11.0. The predicted molar refractivity (Wildman–Crippen MR) is 66.1 cm³/mol. The molecule has 1 amide bonds. The highest BCUT2D eigenvalue weighted by Crippen LogP contribution is 2.18. The molecule has 0 aromatic carbocycles. The molecular weight excluding hydrogens is 250 g/mol. The zero-order valence-electron chi connectivity index (χ0n) is 11.0. The molecule has 0 saturated carbocycles. The molecule has 0 radical (unpaired) electrons. The molecule has 1 aromatic heterocycles. The lowest BCUT2D eigenvalue weighted by atomic mass is 10.2. The van der Waals surface area contributed by atoms with Crippen molar-refractivity contribution in [2.24, 2.45) is 0 Å². The first-order valence-corrected chi connectivity index (χ1v) is 6.26. The number of ether oxygens (including phenoxy) is 1. The molecular formula is C13H17NO5. The molecule has 1 atom stereocenters. The monoisotopic (exact) mass is 267 g/mol. The van der Waals surface area contributed by atoms with Crippen LogP contribution in [0.1, 0.15) is 28.8 Å². The quantitative estimate of drug-likeness (QED) is 0.886. The predicted octanol–water partition coefficient (Wildman–Crippen LogP) is 1.08. The summed E-state index contributed by atoms with van der Waals surface area (Å²) in [5.74, 6) is -0.276. The highest BCUT2D eigenvalue weighted by atomic mass is 16.5. The second kappa shape index (κ2) is 5.44. The Balaban J connectivity index is 2.14. The Bertz CT molecular complexity index is 493. The minimum absolute atomic E-state index is 0.0514. The largest absolute Gasteiger partial charge is 0.479 e. The van der Waals surface area contributed by atoms with Gasteiger partial charge in [0, 0.05) is 18.5 Å². The van der Waals surface area contributed by atoms with E-state index in [4.69, 9.17) is 14.3 Å². The summed E-state index contributed by atoms with van der Waals surface area (Å²) in [6.07, 6.45) is -0.242. The molecule has 1 aliphatic heterocycles. The van der Waals surface area contributed by atoms with Crippen LogP contribution in [0.2, 0.25) is 0 Å². The summed E-state index contributed by atoms with van der Waals surface area (Å²) in [4.78, 5) is 24.7. The third-order valence-electron chi connectivity index (χ3n) is 3.14. The Kier molecular flexibility index (Phi) is 3.90. The van der Waals surface area contributed by atoms with Crippen molar-refractivity contribution in [3.05, 3.63) is 23.2 Å². The van der Waals surface area contributed by atoms with Crippen molar-refractivity contribution in [2.75, 3.05) is 19.7 Å². The van der Waals surface area contributed by atoms with E-state index in [1.807, 2.05) is 19.9 Å². The van der Waals surface area contributed by atoms with Crippen LogP contribution in [0.25, 0.3) is 0 Å². The van der Waals surface area contributed by atoms with Gasteiger partial charge >= 0.3 is 5.97 Å². The van der Waals surface area contributed by atoms with Gasteiger partial charge in [-0.05, 0) is 13.0 Å². The fourth-order valence-electron chi connectivity index (χ4n) is 2.06. The summed E-state index contributed by atoms with van der Waals surface area (Å²) in [7, 11) is 0. The Morgan fingerprint density at radius 1 is 1.53 bits per heavy atom. The maximum atomic E-state index is 12.3. The van der Waals surface area contributed by atoms with E-state index < -0.39 is 12.1 Å². The van der Waals surface area contributed by atoms with Gasteiger partial charge in [0.15, 0.2) is 11.9 Å². The van der Waals surface area contributed by atoms with Gasteiger partial charge in [-0.2, -0.15) is 0 Å². The first-order chi connectivity index (χ1) is 9.02. The van der Waals surface area contributed by atoms with Crippen molar-refractivity contribution in [3.8, 4) is 0 Å². The van der Waals surface area contributed by atoms with Crippen molar-refractivity contribution >= 4 is 11.9 Å². The fourth-order valence-corrected chi connectivity index (χ4v) is 2.06. The van der Waals surface area contributed by atoms with Crippen molar-refractivity contribution in [1.82, 2.24) is 4.90 Å². The molecule has 1 saturated heterocycles. The molecule has 1 aliphatic rings. The summed E-state index contributed by atoms with van der Waals surface area (Å²) >= 11 is 0. The number of morpholine rings is 1. The number of rotatable bonds is 3. The highest BCUT2D eigenvalue weighted by molar-refractivity contribution is 5.93. The molecule has 1 N–H and O–H groups in total. The number of hydrogen-bond donors (Lipinski definition) is 1. The molecule has 2 rings (SSSR count). The number of carbonyl (C=O) groups excluding carboxylic acids is 1. The maximum Gasteiger partial charge on any atom is 0.334 e. The van der Waals surface area contributed by atoms with E-state index in [0.29, 0.717) is 12.3 Å². The van der Waals surface area contributed by atoms with Gasteiger partial charge in [0.25, 0.3) is 5.91 Å². The van der Waals surface area contributed by atoms with E-state index in [9.17, 15) is 9.59 Å². The zero-order chi connectivity index (χ0) is 14.0. The van der Waals surface area contributed by atoms with E-state index >= 15 is 0 Å². The normalized spacial score (nSPS) is 19.5. The topological polar surface area (TPSA) is 80.0 Å². The third kappa shape index (κ3) is 2.78. The molecule has 2 heterocycles. The summed E-state index contributed by atoms with van der Waals surface area (Å²) in [6, 6.07) is 1.84. The van der Waals surface area contributed by atoms with Crippen LogP contribution in [0, 0.1) is 6.92 Å². The van der Waals surface area contributed by atoms with E-state index in [0.717, 1.165) is 17.7 Å². The van der Waals surface area contributed by atoms with E-state index in [2.05, 4.69) is 0 Å². The molecule has 1 fully saturated rings. The van der Waals surface area contributed by atoms with Gasteiger partial charge in [-0.15, -0.1) is 0 Å². The minimum Gasteiger partial charge on any atom is -0.479 e. The average molecular weight is 267 g/mol. The second-order valence-electron chi connectivity index (χ2n) is 4.53. The number of nitrogens with zero attached hydrogens (tertiary/aromatic N) is 1. The smallest absolute Gasteiger partial charge is 0.334 e. The van der Waals surface area contributed by atoms with Crippen molar-refractivity contribution in [3.63, 3.8) is 0 Å². The molecule has 0 unspecified atom stereocenters. The van der Waals surface area contributed by atoms with E-state index in [1.165, 1.54) is 4.90 Å². The lowest BCUT2D eigenvalue weighted by Gasteiger charge is -2.30. The number of carboxylic acid groups (broad SMARTS) is 1. The molecule has 6 heteroatoms. The van der Waals surface area contributed by atoms with Crippen LogP contribution in [0.15, 0.2) is 10.5 Å². The highest BCUT2D eigenvalue weighted by Gasteiger charge is 2.31.